The molecule has 1 aliphatic rings. The second kappa shape index (κ2) is 7.17. The first-order chi connectivity index (χ1) is 12.9. The lowest BCUT2D eigenvalue weighted by molar-refractivity contribution is -0.924. The molecule has 0 fully saturated rings. The van der Waals surface area contributed by atoms with Crippen molar-refractivity contribution in [3.63, 3.8) is 0 Å². The van der Waals surface area contributed by atoms with E-state index in [9.17, 15) is 9.18 Å². The molecule has 2 N–H and O–H groups in total. The van der Waals surface area contributed by atoms with Crippen LogP contribution in [0, 0.1) is 11.7 Å². The molecule has 6 heteroatoms. The molecule has 0 spiro atoms. The van der Waals surface area contributed by atoms with Crippen LogP contribution >= 0.6 is 11.3 Å². The number of benzene rings is 1. The molecule has 0 saturated carbocycles. The summed E-state index contributed by atoms with van der Waals surface area (Å²) < 4.78 is 13.4. The van der Waals surface area contributed by atoms with Crippen molar-refractivity contribution in [2.45, 2.75) is 45.7 Å². The van der Waals surface area contributed by atoms with Crippen molar-refractivity contribution < 1.29 is 9.29 Å². The van der Waals surface area contributed by atoms with Crippen molar-refractivity contribution in [1.29, 1.82) is 0 Å². The smallest absolute Gasteiger partial charge is 0.260 e. The van der Waals surface area contributed by atoms with E-state index in [0.717, 1.165) is 39.9 Å². The van der Waals surface area contributed by atoms with Crippen LogP contribution in [0.25, 0.3) is 10.2 Å². The molecule has 0 amide bonds. The Hall–Kier alpha value is -2.05. The molecule has 4 rings (SSSR count). The van der Waals surface area contributed by atoms with Crippen LogP contribution < -0.4 is 10.5 Å². The molecule has 0 aliphatic heterocycles. The molecule has 1 aromatic carbocycles. The van der Waals surface area contributed by atoms with Crippen molar-refractivity contribution in [3.8, 4) is 0 Å². The van der Waals surface area contributed by atoms with Gasteiger partial charge in [-0.15, -0.1) is 11.3 Å². The highest BCUT2D eigenvalue weighted by Crippen LogP contribution is 2.35. The van der Waals surface area contributed by atoms with Crippen molar-refractivity contribution in [3.05, 3.63) is 62.3 Å². The number of H-pyrrole nitrogens is 1. The largest absolute Gasteiger partial charge is 0.325 e. The van der Waals surface area contributed by atoms with E-state index in [1.165, 1.54) is 16.5 Å². The summed E-state index contributed by atoms with van der Waals surface area (Å²) in [5.74, 6) is 1.15. The summed E-state index contributed by atoms with van der Waals surface area (Å²) in [7, 11) is 2.04. The maximum Gasteiger partial charge on any atom is 0.260 e. The zero-order chi connectivity index (χ0) is 19.1. The van der Waals surface area contributed by atoms with Crippen LogP contribution in [0.4, 0.5) is 4.39 Å². The summed E-state index contributed by atoms with van der Waals surface area (Å²) in [5, 5.41) is 0.792. The van der Waals surface area contributed by atoms with Gasteiger partial charge in [-0.3, -0.25) is 4.79 Å². The highest BCUT2D eigenvalue weighted by atomic mass is 32.1. The number of nitrogens with zero attached hydrogens (tertiary/aromatic N) is 1. The van der Waals surface area contributed by atoms with Gasteiger partial charge in [0.15, 0.2) is 5.82 Å². The van der Waals surface area contributed by atoms with Crippen LogP contribution in [-0.2, 0) is 19.4 Å². The summed E-state index contributed by atoms with van der Waals surface area (Å²) in [6, 6.07) is 6.67. The van der Waals surface area contributed by atoms with E-state index < -0.39 is 0 Å². The second-order valence-corrected chi connectivity index (χ2v) is 8.94. The molecule has 4 nitrogen and oxygen atoms in total. The van der Waals surface area contributed by atoms with Gasteiger partial charge in [0.25, 0.3) is 5.56 Å². The zero-order valence-corrected chi connectivity index (χ0v) is 16.8. The number of nitrogens with one attached hydrogen (secondary N) is 2. The number of aromatic amines is 1. The number of hydrogen-bond donors (Lipinski definition) is 2. The van der Waals surface area contributed by atoms with E-state index in [2.05, 4.69) is 11.9 Å². The summed E-state index contributed by atoms with van der Waals surface area (Å²) in [4.78, 5) is 24.0. The average Bonchev–Trinajstić information content (AvgIpc) is 2.98. The van der Waals surface area contributed by atoms with Gasteiger partial charge in [-0.25, -0.2) is 9.37 Å². The van der Waals surface area contributed by atoms with Crippen LogP contribution in [0.2, 0.25) is 0 Å². The van der Waals surface area contributed by atoms with Gasteiger partial charge in [0.2, 0.25) is 0 Å². The van der Waals surface area contributed by atoms with Gasteiger partial charge in [0.05, 0.1) is 12.4 Å². The van der Waals surface area contributed by atoms with Gasteiger partial charge in [0.1, 0.15) is 23.2 Å². The number of fused-ring (bicyclic) bond motifs is 3. The fourth-order valence-electron chi connectivity index (χ4n) is 3.93. The lowest BCUT2D eigenvalue weighted by atomic mass is 9.89. The number of aromatic nitrogens is 2. The molecule has 142 valence electrons. The molecular formula is C21H25FN3OS+. The van der Waals surface area contributed by atoms with Crippen molar-refractivity contribution >= 4 is 21.6 Å². The van der Waals surface area contributed by atoms with E-state index in [-0.39, 0.29) is 17.4 Å². The van der Waals surface area contributed by atoms with Crippen LogP contribution in [0.1, 0.15) is 48.1 Å². The van der Waals surface area contributed by atoms with E-state index in [1.807, 2.05) is 20.0 Å². The maximum absolute atomic E-state index is 13.4. The molecule has 3 atom stereocenters. The standard InChI is InChI=1S/C21H24FN3OS/c1-12-7-8-16-17(9-12)27-21-18(16)20(26)23-19(24-21)13(2)25(3)11-14-5-4-6-15(22)10-14/h4-6,10,12-13H,7-9,11H2,1-3H3,(H,23,24,26)/p+1/t12-,13-/m0/s1. The normalized spacial score (nSPS) is 19.0. The first-order valence-electron chi connectivity index (χ1n) is 9.53. The maximum atomic E-state index is 13.4. The van der Waals surface area contributed by atoms with Gasteiger partial charge >= 0.3 is 0 Å². The molecule has 2 aromatic heterocycles. The third kappa shape index (κ3) is 3.56. The summed E-state index contributed by atoms with van der Waals surface area (Å²) in [6.45, 7) is 4.98. The van der Waals surface area contributed by atoms with Crippen molar-refractivity contribution in [2.24, 2.45) is 5.92 Å². The lowest BCUT2D eigenvalue weighted by Gasteiger charge is -2.21. The molecule has 2 heterocycles. The Bertz CT molecular complexity index is 1040. The molecule has 1 unspecified atom stereocenters. The molecule has 27 heavy (non-hydrogen) atoms. The SMILES string of the molecule is C[C@H]1CCc2c(sc3nc([C@H](C)[NH+](C)Cc4cccc(F)c4)[nH]c(=O)c23)C1. The van der Waals surface area contributed by atoms with Gasteiger partial charge in [-0.1, -0.05) is 19.1 Å². The predicted octanol–water partition coefficient (Wildman–Crippen LogP) is 3.02. The second-order valence-electron chi connectivity index (χ2n) is 7.86. The van der Waals surface area contributed by atoms with Crippen molar-refractivity contribution in [1.82, 2.24) is 9.97 Å². The number of halogens is 1. The number of thiophene rings is 1. The minimum Gasteiger partial charge on any atom is -0.325 e. The van der Waals surface area contributed by atoms with Crippen LogP contribution in [0.5, 0.6) is 0 Å². The first-order valence-corrected chi connectivity index (χ1v) is 10.3. The Labute approximate surface area is 162 Å². The lowest BCUT2D eigenvalue weighted by Crippen LogP contribution is -3.07. The Kier molecular flexibility index (Phi) is 4.86. The van der Waals surface area contributed by atoms with E-state index in [1.54, 1.807) is 23.5 Å². The van der Waals surface area contributed by atoms with E-state index >= 15 is 0 Å². The topological polar surface area (TPSA) is 50.2 Å². The molecule has 3 aromatic rings. The third-order valence-electron chi connectivity index (χ3n) is 5.71. The highest BCUT2D eigenvalue weighted by Gasteiger charge is 2.25. The number of rotatable bonds is 4. The third-order valence-corrected chi connectivity index (χ3v) is 6.85. The fourth-order valence-corrected chi connectivity index (χ4v) is 5.32. The Morgan fingerprint density at radius 3 is 3.04 bits per heavy atom. The first kappa shape index (κ1) is 18.3. The highest BCUT2D eigenvalue weighted by molar-refractivity contribution is 7.18. The summed E-state index contributed by atoms with van der Waals surface area (Å²) >= 11 is 1.68. The minimum atomic E-state index is -0.223. The quantitative estimate of drug-likeness (QED) is 0.724. The van der Waals surface area contributed by atoms with Crippen LogP contribution in [0.15, 0.2) is 29.1 Å². The van der Waals surface area contributed by atoms with Gasteiger partial charge in [-0.05, 0) is 49.8 Å². The summed E-state index contributed by atoms with van der Waals surface area (Å²) in [6.07, 6.45) is 3.16. The van der Waals surface area contributed by atoms with Crippen LogP contribution in [-0.4, -0.2) is 17.0 Å². The number of quaternary nitrogens is 1. The summed E-state index contributed by atoms with van der Waals surface area (Å²) in [5.41, 5.74) is 2.12. The monoisotopic (exact) mass is 386 g/mol. The van der Waals surface area contributed by atoms with Crippen LogP contribution in [0.3, 0.4) is 0 Å². The molecular weight excluding hydrogens is 361 g/mol. The Morgan fingerprint density at radius 2 is 2.26 bits per heavy atom. The predicted molar refractivity (Wildman–Crippen MR) is 107 cm³/mol. The molecule has 0 radical (unpaired) electrons. The molecule has 0 saturated heterocycles. The zero-order valence-electron chi connectivity index (χ0n) is 15.9. The van der Waals surface area contributed by atoms with Crippen molar-refractivity contribution in [2.75, 3.05) is 7.05 Å². The average molecular weight is 387 g/mol. The minimum absolute atomic E-state index is 0.00317. The van der Waals surface area contributed by atoms with Gasteiger partial charge in [0, 0.05) is 10.4 Å². The Morgan fingerprint density at radius 1 is 1.44 bits per heavy atom. The van der Waals surface area contributed by atoms with Gasteiger partial charge in [-0.2, -0.15) is 0 Å². The number of aryl methyl sites for hydroxylation is 1. The molecule has 0 bridgehead atoms. The Balaban J connectivity index is 1.64. The van der Waals surface area contributed by atoms with Gasteiger partial charge < -0.3 is 9.88 Å². The number of hydrogen-bond acceptors (Lipinski definition) is 3. The molecule has 1 aliphatic carbocycles. The van der Waals surface area contributed by atoms with E-state index in [0.29, 0.717) is 18.3 Å². The fraction of sp³-hybridized carbons (Fsp3) is 0.429. The van der Waals surface area contributed by atoms with E-state index in [4.69, 9.17) is 4.98 Å².